The average Bonchev–Trinajstić information content (AvgIpc) is 3.37. The lowest BCUT2D eigenvalue weighted by Crippen LogP contribution is -2.41. The van der Waals surface area contributed by atoms with E-state index in [1.807, 2.05) is 32.0 Å². The maximum absolute atomic E-state index is 13.3. The van der Waals surface area contributed by atoms with Crippen LogP contribution in [0.15, 0.2) is 41.3 Å². The third-order valence-electron chi connectivity index (χ3n) is 6.84. The van der Waals surface area contributed by atoms with E-state index in [0.717, 1.165) is 27.0 Å². The predicted molar refractivity (Wildman–Crippen MR) is 137 cm³/mol. The smallest absolute Gasteiger partial charge is 0.243 e. The minimum atomic E-state index is -3.68. The quantitative estimate of drug-likeness (QED) is 0.571. The third kappa shape index (κ3) is 4.46. The number of thiazole rings is 1. The van der Waals surface area contributed by atoms with Crippen molar-refractivity contribution in [2.45, 2.75) is 51.0 Å². The molecule has 0 saturated carbocycles. The first-order valence-corrected chi connectivity index (χ1v) is 14.0. The molecule has 2 amide bonds. The molecule has 8 nitrogen and oxygen atoms in total. The van der Waals surface area contributed by atoms with Gasteiger partial charge in [-0.2, -0.15) is 4.31 Å². The van der Waals surface area contributed by atoms with Crippen molar-refractivity contribution in [3.05, 3.63) is 47.5 Å². The number of amides is 2. The molecule has 1 N–H and O–H groups in total. The van der Waals surface area contributed by atoms with Crippen LogP contribution in [0.4, 0.5) is 10.8 Å². The fraction of sp³-hybridized carbons (Fsp3) is 0.400. The SMILES string of the molecule is CC(=O)N1c2ccc(S(=O)(=O)N3CCC(C(=O)Nc4nc5ccc(C)cc5s4)CC3)cc2C[C@@H]1C. The lowest BCUT2D eigenvalue weighted by molar-refractivity contribution is -0.121. The summed E-state index contributed by atoms with van der Waals surface area (Å²) in [6.45, 7) is 6.07. The van der Waals surface area contributed by atoms with Crippen LogP contribution in [0, 0.1) is 12.8 Å². The summed E-state index contributed by atoms with van der Waals surface area (Å²) in [5, 5.41) is 3.49. The monoisotopic (exact) mass is 512 g/mol. The van der Waals surface area contributed by atoms with Gasteiger partial charge in [0.05, 0.1) is 15.1 Å². The average molecular weight is 513 g/mol. The molecule has 0 spiro atoms. The van der Waals surface area contributed by atoms with Gasteiger partial charge in [-0.05, 0) is 74.6 Å². The van der Waals surface area contributed by atoms with Gasteiger partial charge in [0.25, 0.3) is 0 Å². The van der Waals surface area contributed by atoms with Crippen molar-refractivity contribution in [1.82, 2.24) is 9.29 Å². The number of carbonyl (C=O) groups is 2. The van der Waals surface area contributed by atoms with Gasteiger partial charge >= 0.3 is 0 Å². The van der Waals surface area contributed by atoms with E-state index in [4.69, 9.17) is 0 Å². The van der Waals surface area contributed by atoms with Gasteiger partial charge in [0.1, 0.15) is 0 Å². The molecule has 2 aliphatic heterocycles. The molecule has 1 aromatic heterocycles. The van der Waals surface area contributed by atoms with E-state index in [0.29, 0.717) is 24.4 Å². The minimum Gasteiger partial charge on any atom is -0.309 e. The van der Waals surface area contributed by atoms with Crippen LogP contribution >= 0.6 is 11.3 Å². The van der Waals surface area contributed by atoms with Gasteiger partial charge in [0, 0.05) is 37.7 Å². The molecule has 1 fully saturated rings. The molecule has 0 aliphatic carbocycles. The summed E-state index contributed by atoms with van der Waals surface area (Å²) >= 11 is 1.44. The second kappa shape index (κ2) is 9.00. The molecule has 184 valence electrons. The van der Waals surface area contributed by atoms with E-state index in [1.165, 1.54) is 22.6 Å². The number of fused-ring (bicyclic) bond motifs is 2. The molecule has 2 aliphatic rings. The number of nitrogens with zero attached hydrogens (tertiary/aromatic N) is 3. The number of carbonyl (C=O) groups excluding carboxylic acids is 2. The summed E-state index contributed by atoms with van der Waals surface area (Å²) < 4.78 is 29.1. The van der Waals surface area contributed by atoms with E-state index >= 15 is 0 Å². The summed E-state index contributed by atoms with van der Waals surface area (Å²) in [5.41, 5.74) is 3.65. The Bertz CT molecular complexity index is 1420. The van der Waals surface area contributed by atoms with Crippen LogP contribution in [0.5, 0.6) is 0 Å². The van der Waals surface area contributed by atoms with Crippen molar-refractivity contribution < 1.29 is 18.0 Å². The highest BCUT2D eigenvalue weighted by Gasteiger charge is 2.35. The highest BCUT2D eigenvalue weighted by atomic mass is 32.2. The van der Waals surface area contributed by atoms with Gasteiger partial charge in [-0.3, -0.25) is 9.59 Å². The van der Waals surface area contributed by atoms with Gasteiger partial charge in [-0.25, -0.2) is 13.4 Å². The van der Waals surface area contributed by atoms with Crippen molar-refractivity contribution >= 4 is 54.2 Å². The standard InChI is InChI=1S/C25H28N4O4S2/c1-15-4-6-21-23(12-15)34-25(26-21)27-24(31)18-8-10-28(11-9-18)35(32,33)20-5-7-22-19(14-20)13-16(2)29(22)17(3)30/h4-7,12,14,16,18H,8-11,13H2,1-3H3,(H,26,27,31)/t16-/m0/s1. The van der Waals surface area contributed by atoms with E-state index in [1.54, 1.807) is 23.1 Å². The molecule has 0 radical (unpaired) electrons. The number of sulfonamides is 1. The van der Waals surface area contributed by atoms with Crippen molar-refractivity contribution in [1.29, 1.82) is 0 Å². The maximum atomic E-state index is 13.3. The minimum absolute atomic E-state index is 0.00848. The number of piperidine rings is 1. The largest absolute Gasteiger partial charge is 0.309 e. The first kappa shape index (κ1) is 23.9. The number of benzene rings is 2. The molecule has 3 heterocycles. The molecule has 2 aromatic carbocycles. The van der Waals surface area contributed by atoms with Crippen LogP contribution in [-0.2, 0) is 26.0 Å². The van der Waals surface area contributed by atoms with Gasteiger partial charge in [0.15, 0.2) is 5.13 Å². The summed E-state index contributed by atoms with van der Waals surface area (Å²) in [5.74, 6) is -0.429. The molecule has 0 unspecified atom stereocenters. The Balaban J connectivity index is 1.24. The Morgan fingerprint density at radius 2 is 1.86 bits per heavy atom. The maximum Gasteiger partial charge on any atom is 0.243 e. The lowest BCUT2D eigenvalue weighted by Gasteiger charge is -2.30. The molecule has 1 saturated heterocycles. The molecule has 3 aromatic rings. The fourth-order valence-corrected chi connectivity index (χ4v) is 7.54. The Morgan fingerprint density at radius 3 is 2.57 bits per heavy atom. The zero-order valence-electron chi connectivity index (χ0n) is 19.9. The molecular weight excluding hydrogens is 484 g/mol. The molecule has 35 heavy (non-hydrogen) atoms. The predicted octanol–water partition coefficient (Wildman–Crippen LogP) is 3.94. The first-order valence-electron chi connectivity index (χ1n) is 11.7. The third-order valence-corrected chi connectivity index (χ3v) is 9.67. The summed E-state index contributed by atoms with van der Waals surface area (Å²) in [6, 6.07) is 11.0. The number of rotatable bonds is 4. The van der Waals surface area contributed by atoms with Crippen molar-refractivity contribution in [2.75, 3.05) is 23.3 Å². The lowest BCUT2D eigenvalue weighted by atomic mass is 9.97. The molecule has 5 rings (SSSR count). The van der Waals surface area contributed by atoms with Crippen LogP contribution in [0.1, 0.15) is 37.8 Å². The number of aryl methyl sites for hydroxylation is 1. The van der Waals surface area contributed by atoms with Crippen molar-refractivity contribution in [3.8, 4) is 0 Å². The van der Waals surface area contributed by atoms with Crippen LogP contribution in [0.2, 0.25) is 0 Å². The highest BCUT2D eigenvalue weighted by molar-refractivity contribution is 7.89. The first-order chi connectivity index (χ1) is 16.6. The zero-order valence-corrected chi connectivity index (χ0v) is 21.6. The van der Waals surface area contributed by atoms with Crippen molar-refractivity contribution in [2.24, 2.45) is 5.92 Å². The molecule has 0 bridgehead atoms. The summed E-state index contributed by atoms with van der Waals surface area (Å²) in [7, 11) is -3.68. The van der Waals surface area contributed by atoms with Crippen molar-refractivity contribution in [3.63, 3.8) is 0 Å². The number of hydrogen-bond acceptors (Lipinski definition) is 6. The summed E-state index contributed by atoms with van der Waals surface area (Å²) in [4.78, 5) is 31.2. The fourth-order valence-electron chi connectivity index (χ4n) is 5.05. The second-order valence-electron chi connectivity index (χ2n) is 9.39. The van der Waals surface area contributed by atoms with Crippen LogP contribution in [-0.4, -0.2) is 48.7 Å². The van der Waals surface area contributed by atoms with Crippen LogP contribution < -0.4 is 10.2 Å². The summed E-state index contributed by atoms with van der Waals surface area (Å²) in [6.07, 6.45) is 1.54. The van der Waals surface area contributed by atoms with E-state index in [2.05, 4.69) is 10.3 Å². The number of anilines is 2. The Hall–Kier alpha value is -2.82. The van der Waals surface area contributed by atoms with E-state index in [9.17, 15) is 18.0 Å². The highest BCUT2D eigenvalue weighted by Crippen LogP contribution is 2.35. The van der Waals surface area contributed by atoms with Crippen LogP contribution in [0.25, 0.3) is 10.2 Å². The molecular formula is C25H28N4O4S2. The molecule has 10 heteroatoms. The van der Waals surface area contributed by atoms with Gasteiger partial charge < -0.3 is 10.2 Å². The van der Waals surface area contributed by atoms with Crippen LogP contribution in [0.3, 0.4) is 0 Å². The number of hydrogen-bond donors (Lipinski definition) is 1. The van der Waals surface area contributed by atoms with E-state index < -0.39 is 10.0 Å². The number of aromatic nitrogens is 1. The molecule has 1 atom stereocenters. The Morgan fingerprint density at radius 1 is 1.11 bits per heavy atom. The van der Waals surface area contributed by atoms with Gasteiger partial charge in [0.2, 0.25) is 21.8 Å². The Kier molecular flexibility index (Phi) is 6.14. The zero-order chi connectivity index (χ0) is 24.9. The normalized spacial score (nSPS) is 19.2. The number of nitrogens with one attached hydrogen (secondary N) is 1. The van der Waals surface area contributed by atoms with E-state index in [-0.39, 0.29) is 41.8 Å². The van der Waals surface area contributed by atoms with Gasteiger partial charge in [-0.15, -0.1) is 0 Å². The van der Waals surface area contributed by atoms with Gasteiger partial charge in [-0.1, -0.05) is 17.4 Å². The second-order valence-corrected chi connectivity index (χ2v) is 12.4. The Labute approximate surface area is 209 Å². The topological polar surface area (TPSA) is 99.7 Å².